The fraction of sp³-hybridized carbons (Fsp3) is 0.0667. The third-order valence-corrected chi connectivity index (χ3v) is 6.44. The van der Waals surface area contributed by atoms with Crippen molar-refractivity contribution in [3.63, 3.8) is 0 Å². The summed E-state index contributed by atoms with van der Waals surface area (Å²) in [6.07, 6.45) is 6.00. The Balaban J connectivity index is 1.28. The standard InChI is InChI=1S/C30H22Cl2N2O4/c1-2-34-18-26(24-13-10-22(31)17-25(24)32)33-28(34)15-5-19-3-6-20(7-4-19)21-8-11-23(12-9-21)37-29-16-14-27(38-29)30(35)36/h3-18H,2H2,1H3,(H,35,36)/b15-5+. The largest absolute Gasteiger partial charge is 0.475 e. The summed E-state index contributed by atoms with van der Waals surface area (Å²) in [5.74, 6) is 0.191. The molecule has 6 nitrogen and oxygen atoms in total. The van der Waals surface area contributed by atoms with E-state index in [0.29, 0.717) is 15.8 Å². The third-order valence-electron chi connectivity index (χ3n) is 5.89. The van der Waals surface area contributed by atoms with Gasteiger partial charge in [-0.2, -0.15) is 0 Å². The van der Waals surface area contributed by atoms with Crippen LogP contribution in [-0.2, 0) is 6.54 Å². The maximum absolute atomic E-state index is 10.9. The van der Waals surface area contributed by atoms with Crippen LogP contribution in [0.5, 0.6) is 11.7 Å². The number of carboxylic acids is 1. The fourth-order valence-corrected chi connectivity index (χ4v) is 4.43. The van der Waals surface area contributed by atoms with Gasteiger partial charge >= 0.3 is 5.97 Å². The number of rotatable bonds is 8. The normalized spacial score (nSPS) is 11.2. The van der Waals surface area contributed by atoms with Gasteiger partial charge in [0, 0.05) is 29.4 Å². The highest BCUT2D eigenvalue weighted by Gasteiger charge is 2.12. The van der Waals surface area contributed by atoms with Crippen molar-refractivity contribution in [3.05, 3.63) is 112 Å². The van der Waals surface area contributed by atoms with Gasteiger partial charge in [0.2, 0.25) is 5.76 Å². The Labute approximate surface area is 229 Å². The first kappa shape index (κ1) is 25.4. The van der Waals surface area contributed by atoms with Crippen LogP contribution >= 0.6 is 23.2 Å². The molecule has 3 aromatic carbocycles. The van der Waals surface area contributed by atoms with E-state index in [4.69, 9.17) is 42.4 Å². The van der Waals surface area contributed by atoms with Crippen molar-refractivity contribution in [2.45, 2.75) is 13.5 Å². The second-order valence-electron chi connectivity index (χ2n) is 8.40. The summed E-state index contributed by atoms with van der Waals surface area (Å²) < 4.78 is 12.8. The van der Waals surface area contributed by atoms with Crippen LogP contribution in [-0.4, -0.2) is 20.6 Å². The zero-order valence-electron chi connectivity index (χ0n) is 20.3. The molecule has 0 saturated heterocycles. The number of carbonyl (C=O) groups is 1. The maximum atomic E-state index is 10.9. The van der Waals surface area contributed by atoms with Gasteiger partial charge in [0.1, 0.15) is 11.6 Å². The lowest BCUT2D eigenvalue weighted by Crippen LogP contribution is -1.94. The lowest BCUT2D eigenvalue weighted by Gasteiger charge is -2.05. The Kier molecular flexibility index (Phi) is 7.36. The van der Waals surface area contributed by atoms with E-state index in [2.05, 4.69) is 11.5 Å². The second kappa shape index (κ2) is 11.0. The average Bonchev–Trinajstić information content (AvgIpc) is 3.55. The van der Waals surface area contributed by atoms with Gasteiger partial charge in [0.25, 0.3) is 5.95 Å². The molecule has 0 amide bonds. The first-order valence-corrected chi connectivity index (χ1v) is 12.6. The van der Waals surface area contributed by atoms with Crippen LogP contribution in [0.2, 0.25) is 10.0 Å². The van der Waals surface area contributed by atoms with E-state index in [1.54, 1.807) is 24.3 Å². The molecule has 0 bridgehead atoms. The van der Waals surface area contributed by atoms with E-state index in [1.807, 2.05) is 60.8 Å². The number of hydrogen-bond acceptors (Lipinski definition) is 4. The summed E-state index contributed by atoms with van der Waals surface area (Å²) in [7, 11) is 0. The summed E-state index contributed by atoms with van der Waals surface area (Å²) in [4.78, 5) is 15.7. The van der Waals surface area contributed by atoms with Crippen molar-refractivity contribution < 1.29 is 19.1 Å². The molecule has 5 rings (SSSR count). The van der Waals surface area contributed by atoms with Crippen LogP contribution in [0.25, 0.3) is 34.5 Å². The van der Waals surface area contributed by atoms with E-state index in [1.165, 1.54) is 12.1 Å². The number of aromatic nitrogens is 2. The van der Waals surface area contributed by atoms with Gasteiger partial charge in [-0.05, 0) is 66.1 Å². The minimum Gasteiger partial charge on any atom is -0.475 e. The molecule has 190 valence electrons. The number of aromatic carboxylic acids is 1. The second-order valence-corrected chi connectivity index (χ2v) is 9.24. The maximum Gasteiger partial charge on any atom is 0.371 e. The van der Waals surface area contributed by atoms with Crippen LogP contribution in [0.15, 0.2) is 89.5 Å². The molecule has 0 aliphatic heterocycles. The summed E-state index contributed by atoms with van der Waals surface area (Å²) in [6, 6.07) is 23.9. The first-order chi connectivity index (χ1) is 18.4. The molecule has 0 fully saturated rings. The van der Waals surface area contributed by atoms with Crippen molar-refractivity contribution in [1.82, 2.24) is 9.55 Å². The number of furan rings is 1. The Morgan fingerprint density at radius 3 is 2.32 bits per heavy atom. The molecule has 5 aromatic rings. The number of benzene rings is 3. The monoisotopic (exact) mass is 544 g/mol. The molecule has 2 heterocycles. The lowest BCUT2D eigenvalue weighted by molar-refractivity contribution is 0.0657. The van der Waals surface area contributed by atoms with Crippen molar-refractivity contribution in [2.75, 3.05) is 0 Å². The highest BCUT2D eigenvalue weighted by Crippen LogP contribution is 2.31. The number of aryl methyl sites for hydroxylation is 1. The van der Waals surface area contributed by atoms with Gasteiger partial charge in [-0.25, -0.2) is 9.78 Å². The molecule has 0 aliphatic carbocycles. The Morgan fingerprint density at radius 2 is 1.68 bits per heavy atom. The predicted molar refractivity (Wildman–Crippen MR) is 150 cm³/mol. The SMILES string of the molecule is CCn1cc(-c2ccc(Cl)cc2Cl)nc1/C=C/c1ccc(-c2ccc(Oc3ccc(C(=O)O)o3)cc2)cc1. The summed E-state index contributed by atoms with van der Waals surface area (Å²) in [6.45, 7) is 2.84. The number of hydrogen-bond donors (Lipinski definition) is 1. The van der Waals surface area contributed by atoms with Gasteiger partial charge in [0.15, 0.2) is 0 Å². The van der Waals surface area contributed by atoms with Crippen LogP contribution in [0.3, 0.4) is 0 Å². The smallest absolute Gasteiger partial charge is 0.371 e. The molecule has 0 unspecified atom stereocenters. The van der Waals surface area contributed by atoms with Crippen LogP contribution in [0.1, 0.15) is 28.9 Å². The van der Waals surface area contributed by atoms with E-state index < -0.39 is 5.97 Å². The van der Waals surface area contributed by atoms with E-state index in [-0.39, 0.29) is 11.7 Å². The Morgan fingerprint density at radius 1 is 0.974 bits per heavy atom. The van der Waals surface area contributed by atoms with E-state index in [9.17, 15) is 4.79 Å². The number of nitrogens with zero attached hydrogens (tertiary/aromatic N) is 2. The van der Waals surface area contributed by atoms with Crippen molar-refractivity contribution in [1.29, 1.82) is 0 Å². The van der Waals surface area contributed by atoms with Gasteiger partial charge in [-0.3, -0.25) is 0 Å². The van der Waals surface area contributed by atoms with Crippen LogP contribution < -0.4 is 4.74 Å². The van der Waals surface area contributed by atoms with Gasteiger partial charge in [-0.1, -0.05) is 65.7 Å². The number of halogens is 2. The Bertz CT molecular complexity index is 1620. The minimum atomic E-state index is -1.14. The van der Waals surface area contributed by atoms with Crippen LogP contribution in [0.4, 0.5) is 0 Å². The number of carboxylic acid groups (broad SMARTS) is 1. The van der Waals surface area contributed by atoms with E-state index in [0.717, 1.165) is 40.3 Å². The molecule has 0 radical (unpaired) electrons. The van der Waals surface area contributed by atoms with E-state index >= 15 is 0 Å². The topological polar surface area (TPSA) is 77.5 Å². The summed E-state index contributed by atoms with van der Waals surface area (Å²) in [5, 5.41) is 10.1. The molecular formula is C30H22Cl2N2O4. The molecule has 2 aromatic heterocycles. The highest BCUT2D eigenvalue weighted by atomic mass is 35.5. The molecule has 1 N–H and O–H groups in total. The van der Waals surface area contributed by atoms with Crippen molar-refractivity contribution in [3.8, 4) is 34.1 Å². The summed E-state index contributed by atoms with van der Waals surface area (Å²) in [5.41, 5.74) is 4.75. The third kappa shape index (κ3) is 5.67. The van der Waals surface area contributed by atoms with Crippen molar-refractivity contribution in [2.24, 2.45) is 0 Å². The summed E-state index contributed by atoms with van der Waals surface area (Å²) >= 11 is 12.4. The van der Waals surface area contributed by atoms with Crippen molar-refractivity contribution >= 4 is 41.3 Å². The number of ether oxygens (including phenoxy) is 1. The molecule has 8 heteroatoms. The number of imidazole rings is 1. The molecule has 38 heavy (non-hydrogen) atoms. The quantitative estimate of drug-likeness (QED) is 0.211. The molecule has 0 atom stereocenters. The zero-order valence-corrected chi connectivity index (χ0v) is 21.8. The van der Waals surface area contributed by atoms with Gasteiger partial charge < -0.3 is 18.8 Å². The van der Waals surface area contributed by atoms with Gasteiger partial charge in [0.05, 0.1) is 10.7 Å². The van der Waals surface area contributed by atoms with Crippen LogP contribution in [0, 0.1) is 0 Å². The average molecular weight is 545 g/mol. The first-order valence-electron chi connectivity index (χ1n) is 11.8. The fourth-order valence-electron chi connectivity index (χ4n) is 3.92. The molecular weight excluding hydrogens is 523 g/mol. The molecule has 0 spiro atoms. The molecule has 0 saturated carbocycles. The minimum absolute atomic E-state index is 0.123. The highest BCUT2D eigenvalue weighted by molar-refractivity contribution is 6.36. The Hall–Kier alpha value is -4.26. The lowest BCUT2D eigenvalue weighted by atomic mass is 10.0. The molecule has 0 aliphatic rings. The zero-order chi connectivity index (χ0) is 26.6. The predicted octanol–water partition coefficient (Wildman–Crippen LogP) is 8.80. The van der Waals surface area contributed by atoms with Gasteiger partial charge in [-0.15, -0.1) is 0 Å².